The molecule has 144 valence electrons. The van der Waals surface area contributed by atoms with Crippen LogP contribution in [0.1, 0.15) is 23.2 Å². The van der Waals surface area contributed by atoms with Crippen molar-refractivity contribution in [2.75, 3.05) is 44.6 Å². The first-order valence-corrected chi connectivity index (χ1v) is 9.05. The number of nitrogens with one attached hydrogen (secondary N) is 1. The van der Waals surface area contributed by atoms with Gasteiger partial charge < -0.3 is 24.4 Å². The second-order valence-corrected chi connectivity index (χ2v) is 6.52. The topological polar surface area (TPSA) is 60.0 Å². The Kier molecular flexibility index (Phi) is 6.19. The summed E-state index contributed by atoms with van der Waals surface area (Å²) in [6.07, 6.45) is 2.51. The van der Waals surface area contributed by atoms with Crippen LogP contribution in [0.25, 0.3) is 0 Å². The number of ether oxygens (including phenoxy) is 3. The van der Waals surface area contributed by atoms with E-state index in [1.165, 1.54) is 0 Å². The molecular formula is C21H26N2O4. The summed E-state index contributed by atoms with van der Waals surface area (Å²) in [5, 5.41) is 2.92. The average molecular weight is 370 g/mol. The van der Waals surface area contributed by atoms with Crippen LogP contribution in [0.5, 0.6) is 11.5 Å². The van der Waals surface area contributed by atoms with E-state index < -0.39 is 0 Å². The smallest absolute Gasteiger partial charge is 0.255 e. The largest absolute Gasteiger partial charge is 0.493 e. The van der Waals surface area contributed by atoms with Gasteiger partial charge in [0.2, 0.25) is 0 Å². The summed E-state index contributed by atoms with van der Waals surface area (Å²) in [5.41, 5.74) is 2.40. The summed E-state index contributed by atoms with van der Waals surface area (Å²) in [5.74, 6) is 0.925. The summed E-state index contributed by atoms with van der Waals surface area (Å²) in [6.45, 7) is 1.92. The summed E-state index contributed by atoms with van der Waals surface area (Å²) < 4.78 is 15.9. The maximum Gasteiger partial charge on any atom is 0.255 e. The van der Waals surface area contributed by atoms with Gasteiger partial charge in [0.25, 0.3) is 5.91 Å². The van der Waals surface area contributed by atoms with E-state index in [0.717, 1.165) is 37.3 Å². The van der Waals surface area contributed by atoms with Gasteiger partial charge in [0.15, 0.2) is 11.5 Å². The van der Waals surface area contributed by atoms with Crippen LogP contribution >= 0.6 is 0 Å². The molecule has 0 spiro atoms. The van der Waals surface area contributed by atoms with Gasteiger partial charge in [0.05, 0.1) is 20.3 Å². The number of carbonyl (C=O) groups is 1. The van der Waals surface area contributed by atoms with Crippen molar-refractivity contribution in [3.8, 4) is 11.5 Å². The molecule has 6 nitrogen and oxygen atoms in total. The van der Waals surface area contributed by atoms with Gasteiger partial charge in [0.1, 0.15) is 0 Å². The van der Waals surface area contributed by atoms with E-state index in [2.05, 4.69) is 10.2 Å². The van der Waals surface area contributed by atoms with E-state index in [-0.39, 0.29) is 12.0 Å². The Morgan fingerprint density at radius 3 is 2.44 bits per heavy atom. The van der Waals surface area contributed by atoms with Crippen LogP contribution in [0.2, 0.25) is 0 Å². The minimum atomic E-state index is -0.193. The molecule has 3 rings (SSSR count). The van der Waals surface area contributed by atoms with Crippen molar-refractivity contribution in [1.82, 2.24) is 0 Å². The van der Waals surface area contributed by atoms with Crippen molar-refractivity contribution in [2.24, 2.45) is 0 Å². The molecule has 1 saturated heterocycles. The minimum absolute atomic E-state index is 0.193. The van der Waals surface area contributed by atoms with Crippen molar-refractivity contribution < 1.29 is 19.0 Å². The molecule has 2 aromatic carbocycles. The van der Waals surface area contributed by atoms with Crippen molar-refractivity contribution >= 4 is 17.3 Å². The van der Waals surface area contributed by atoms with E-state index >= 15 is 0 Å². The molecule has 0 saturated carbocycles. The third-order valence-corrected chi connectivity index (χ3v) is 4.85. The molecule has 1 unspecified atom stereocenters. The number of nitrogens with zero attached hydrogens (tertiary/aromatic N) is 1. The Bertz CT molecular complexity index is 776. The van der Waals surface area contributed by atoms with Gasteiger partial charge in [-0.25, -0.2) is 0 Å². The molecule has 0 radical (unpaired) electrons. The molecule has 0 bridgehead atoms. The van der Waals surface area contributed by atoms with E-state index in [9.17, 15) is 4.79 Å². The van der Waals surface area contributed by atoms with Crippen LogP contribution in [0.15, 0.2) is 42.5 Å². The van der Waals surface area contributed by atoms with Crippen LogP contribution in [0.4, 0.5) is 11.4 Å². The van der Waals surface area contributed by atoms with Gasteiger partial charge in [-0.1, -0.05) is 0 Å². The fraction of sp³-hybridized carbons (Fsp3) is 0.381. The zero-order valence-corrected chi connectivity index (χ0v) is 16.0. The first kappa shape index (κ1) is 19.0. The third-order valence-electron chi connectivity index (χ3n) is 4.85. The Labute approximate surface area is 160 Å². The molecule has 1 N–H and O–H groups in total. The van der Waals surface area contributed by atoms with Crippen LogP contribution in [0, 0.1) is 0 Å². The molecule has 2 aromatic rings. The highest BCUT2D eigenvalue weighted by Gasteiger charge is 2.19. The van der Waals surface area contributed by atoms with Gasteiger partial charge in [-0.2, -0.15) is 0 Å². The molecule has 1 fully saturated rings. The second-order valence-electron chi connectivity index (χ2n) is 6.52. The van der Waals surface area contributed by atoms with Crippen LogP contribution in [-0.2, 0) is 4.74 Å². The van der Waals surface area contributed by atoms with Crippen LogP contribution in [0.3, 0.4) is 0 Å². The zero-order valence-electron chi connectivity index (χ0n) is 16.0. The number of hydrogen-bond acceptors (Lipinski definition) is 5. The lowest BCUT2D eigenvalue weighted by Crippen LogP contribution is -2.39. The van der Waals surface area contributed by atoms with Gasteiger partial charge >= 0.3 is 0 Å². The molecule has 1 aliphatic heterocycles. The van der Waals surface area contributed by atoms with Crippen molar-refractivity contribution in [2.45, 2.75) is 18.9 Å². The number of amides is 1. The van der Waals surface area contributed by atoms with Crippen molar-refractivity contribution in [1.29, 1.82) is 0 Å². The van der Waals surface area contributed by atoms with Gasteiger partial charge in [-0.3, -0.25) is 4.79 Å². The molecule has 27 heavy (non-hydrogen) atoms. The predicted octanol–water partition coefficient (Wildman–Crippen LogP) is 3.57. The molecule has 1 amide bonds. The highest BCUT2D eigenvalue weighted by Crippen LogP contribution is 2.28. The number of rotatable bonds is 6. The number of piperidine rings is 1. The Morgan fingerprint density at radius 2 is 1.78 bits per heavy atom. The summed E-state index contributed by atoms with van der Waals surface area (Å²) in [4.78, 5) is 14.8. The van der Waals surface area contributed by atoms with Gasteiger partial charge in [-0.05, 0) is 55.3 Å². The van der Waals surface area contributed by atoms with E-state index in [1.807, 2.05) is 24.3 Å². The lowest BCUT2D eigenvalue weighted by atomic mass is 10.1. The van der Waals surface area contributed by atoms with Crippen LogP contribution < -0.4 is 19.7 Å². The molecular weight excluding hydrogens is 344 g/mol. The summed E-state index contributed by atoms with van der Waals surface area (Å²) >= 11 is 0. The lowest BCUT2D eigenvalue weighted by molar-refractivity contribution is 0.0893. The SMILES string of the molecule is COc1ccc(C(=O)Nc2ccc(N3CCCC(OC)C3)cc2)cc1OC. The van der Waals surface area contributed by atoms with Crippen LogP contribution in [-0.4, -0.2) is 46.4 Å². The number of methoxy groups -OCH3 is 3. The fourth-order valence-electron chi connectivity index (χ4n) is 3.30. The van der Waals surface area contributed by atoms with Crippen molar-refractivity contribution in [3.05, 3.63) is 48.0 Å². The van der Waals surface area contributed by atoms with E-state index in [4.69, 9.17) is 14.2 Å². The molecule has 0 aromatic heterocycles. The average Bonchev–Trinajstić information content (AvgIpc) is 2.73. The first-order valence-electron chi connectivity index (χ1n) is 9.05. The molecule has 1 aliphatic rings. The quantitative estimate of drug-likeness (QED) is 0.842. The minimum Gasteiger partial charge on any atom is -0.493 e. The molecule has 1 atom stereocenters. The first-order chi connectivity index (χ1) is 13.1. The number of anilines is 2. The van der Waals surface area contributed by atoms with E-state index in [1.54, 1.807) is 39.5 Å². The highest BCUT2D eigenvalue weighted by molar-refractivity contribution is 6.04. The number of hydrogen-bond donors (Lipinski definition) is 1. The maximum atomic E-state index is 12.5. The second kappa shape index (κ2) is 8.77. The van der Waals surface area contributed by atoms with E-state index in [0.29, 0.717) is 17.1 Å². The fourth-order valence-corrected chi connectivity index (χ4v) is 3.30. The Hall–Kier alpha value is -2.73. The monoisotopic (exact) mass is 370 g/mol. The highest BCUT2D eigenvalue weighted by atomic mass is 16.5. The van der Waals surface area contributed by atoms with Gasteiger partial charge in [-0.15, -0.1) is 0 Å². The number of benzene rings is 2. The normalized spacial score (nSPS) is 16.7. The molecule has 0 aliphatic carbocycles. The maximum absolute atomic E-state index is 12.5. The predicted molar refractivity (Wildman–Crippen MR) is 106 cm³/mol. The Morgan fingerprint density at radius 1 is 1.04 bits per heavy atom. The number of carbonyl (C=O) groups excluding carboxylic acids is 1. The van der Waals surface area contributed by atoms with Gasteiger partial charge in [0, 0.05) is 37.1 Å². The zero-order chi connectivity index (χ0) is 19.2. The third kappa shape index (κ3) is 4.52. The standard InChI is InChI=1S/C21H26N2O4/c1-25-18-5-4-12-23(14-18)17-9-7-16(8-10-17)22-21(24)15-6-11-19(26-2)20(13-15)27-3/h6-11,13,18H,4-5,12,14H2,1-3H3,(H,22,24). The molecule has 1 heterocycles. The lowest BCUT2D eigenvalue weighted by Gasteiger charge is -2.33. The van der Waals surface area contributed by atoms with Crippen molar-refractivity contribution in [3.63, 3.8) is 0 Å². The summed E-state index contributed by atoms with van der Waals surface area (Å²) in [6, 6.07) is 13.0. The molecule has 6 heteroatoms. The Balaban J connectivity index is 1.66. The summed E-state index contributed by atoms with van der Waals surface area (Å²) in [7, 11) is 4.88.